The van der Waals surface area contributed by atoms with Crippen molar-refractivity contribution < 1.29 is 14.3 Å². The number of nitrogens with one attached hydrogen (secondary N) is 3. The summed E-state index contributed by atoms with van der Waals surface area (Å²) in [5, 5.41) is 7.06. The molecule has 0 saturated carbocycles. The van der Waals surface area contributed by atoms with E-state index in [0.29, 0.717) is 13.0 Å². The Kier molecular flexibility index (Phi) is 6.25. The molecule has 0 aromatic heterocycles. The number of amides is 3. The van der Waals surface area contributed by atoms with Crippen molar-refractivity contribution in [2.75, 3.05) is 39.4 Å². The number of imide groups is 1. The lowest BCUT2D eigenvalue weighted by molar-refractivity contribution is -0.133. The number of morpholine rings is 1. The van der Waals surface area contributed by atoms with Crippen LogP contribution in [0.4, 0.5) is 4.79 Å². The quantitative estimate of drug-likeness (QED) is 0.482. The lowest BCUT2D eigenvalue weighted by Gasteiger charge is -2.27. The van der Waals surface area contributed by atoms with Crippen molar-refractivity contribution >= 4 is 29.3 Å². The number of benzene rings is 1. The molecule has 0 aliphatic carbocycles. The van der Waals surface area contributed by atoms with Crippen LogP contribution in [-0.4, -0.2) is 66.4 Å². The number of thiocarbonyl (C=S) groups is 1. The van der Waals surface area contributed by atoms with E-state index in [0.717, 1.165) is 43.4 Å². The van der Waals surface area contributed by atoms with Crippen LogP contribution < -0.4 is 16.1 Å². The van der Waals surface area contributed by atoms with Crippen LogP contribution in [-0.2, 0) is 15.1 Å². The number of carbonyl (C=O) groups is 2. The monoisotopic (exact) mass is 391 g/mol. The largest absolute Gasteiger partial charge is 0.379 e. The van der Waals surface area contributed by atoms with Crippen molar-refractivity contribution in [3.63, 3.8) is 0 Å². The van der Waals surface area contributed by atoms with Gasteiger partial charge in [-0.25, -0.2) is 4.79 Å². The Balaban J connectivity index is 1.57. The summed E-state index contributed by atoms with van der Waals surface area (Å²) in [5.74, 6) is -0.362. The third kappa shape index (κ3) is 4.20. The fourth-order valence-corrected chi connectivity index (χ4v) is 3.53. The molecule has 1 atom stereocenters. The van der Waals surface area contributed by atoms with Gasteiger partial charge in [-0.2, -0.15) is 5.01 Å². The average Bonchev–Trinajstić information content (AvgIpc) is 2.94. The summed E-state index contributed by atoms with van der Waals surface area (Å²) in [6.07, 6.45) is 0.441. The van der Waals surface area contributed by atoms with Crippen molar-refractivity contribution in [2.24, 2.45) is 0 Å². The minimum atomic E-state index is -1.07. The smallest absolute Gasteiger partial charge is 0.344 e. The Morgan fingerprint density at radius 2 is 1.96 bits per heavy atom. The highest BCUT2D eigenvalue weighted by Gasteiger charge is 2.51. The number of hydrazine groups is 1. The number of hydrogen-bond donors (Lipinski definition) is 3. The first-order chi connectivity index (χ1) is 13.1. The second kappa shape index (κ2) is 8.64. The van der Waals surface area contributed by atoms with Crippen LogP contribution in [0.25, 0.3) is 0 Å². The maximum absolute atomic E-state index is 13.0. The summed E-state index contributed by atoms with van der Waals surface area (Å²) in [7, 11) is 0. The third-order valence-corrected chi connectivity index (χ3v) is 5.15. The minimum Gasteiger partial charge on any atom is -0.379 e. The first kappa shape index (κ1) is 19.5. The van der Waals surface area contributed by atoms with E-state index in [9.17, 15) is 9.59 Å². The van der Waals surface area contributed by atoms with E-state index in [1.807, 2.05) is 37.3 Å². The number of urea groups is 1. The highest BCUT2D eigenvalue weighted by molar-refractivity contribution is 7.80. The van der Waals surface area contributed by atoms with Crippen molar-refractivity contribution in [3.8, 4) is 0 Å². The Labute approximate surface area is 164 Å². The van der Waals surface area contributed by atoms with E-state index >= 15 is 0 Å². The summed E-state index contributed by atoms with van der Waals surface area (Å²) in [6.45, 7) is 6.57. The lowest BCUT2D eigenvalue weighted by atomic mass is 9.87. The minimum absolute atomic E-state index is 0.242. The molecule has 3 amide bonds. The maximum atomic E-state index is 13.0. The Hall–Kier alpha value is -2.23. The topological polar surface area (TPSA) is 85.9 Å². The first-order valence-electron chi connectivity index (χ1n) is 9.13. The second-order valence-corrected chi connectivity index (χ2v) is 6.93. The Morgan fingerprint density at radius 1 is 1.26 bits per heavy atom. The van der Waals surface area contributed by atoms with Crippen molar-refractivity contribution in [1.82, 2.24) is 26.0 Å². The SMILES string of the molecule is CC[C@@]1(c2ccccc2)NC(=O)N(NC(=S)NCCN2CCOCC2)C1=O. The molecule has 27 heavy (non-hydrogen) atoms. The van der Waals surface area contributed by atoms with Gasteiger partial charge >= 0.3 is 6.03 Å². The third-order valence-electron chi connectivity index (χ3n) is 4.92. The van der Waals surface area contributed by atoms with Gasteiger partial charge < -0.3 is 15.4 Å². The number of hydrogen-bond acceptors (Lipinski definition) is 5. The van der Waals surface area contributed by atoms with Gasteiger partial charge in [0, 0.05) is 26.2 Å². The fourth-order valence-electron chi connectivity index (χ4n) is 3.33. The van der Waals surface area contributed by atoms with E-state index in [-0.39, 0.29) is 11.0 Å². The lowest BCUT2D eigenvalue weighted by Crippen LogP contribution is -2.52. The molecule has 3 rings (SSSR count). The van der Waals surface area contributed by atoms with E-state index < -0.39 is 11.6 Å². The van der Waals surface area contributed by atoms with E-state index in [4.69, 9.17) is 17.0 Å². The van der Waals surface area contributed by atoms with E-state index in [2.05, 4.69) is 21.0 Å². The zero-order chi connectivity index (χ0) is 19.3. The molecule has 2 saturated heterocycles. The van der Waals surface area contributed by atoms with Gasteiger partial charge in [-0.15, -0.1) is 0 Å². The maximum Gasteiger partial charge on any atom is 0.344 e. The highest BCUT2D eigenvalue weighted by atomic mass is 32.1. The van der Waals surface area contributed by atoms with Gasteiger partial charge in [0.25, 0.3) is 5.91 Å². The van der Waals surface area contributed by atoms with Gasteiger partial charge in [-0.3, -0.25) is 15.1 Å². The van der Waals surface area contributed by atoms with Crippen LogP contribution in [0.2, 0.25) is 0 Å². The molecule has 9 heteroatoms. The molecule has 2 aliphatic rings. The Bertz CT molecular complexity index is 695. The van der Waals surface area contributed by atoms with Gasteiger partial charge in [0.05, 0.1) is 13.2 Å². The molecule has 2 heterocycles. The summed E-state index contributed by atoms with van der Waals surface area (Å²) in [6, 6.07) is 8.73. The molecule has 8 nitrogen and oxygen atoms in total. The van der Waals surface area contributed by atoms with Crippen LogP contribution >= 0.6 is 12.2 Å². The van der Waals surface area contributed by atoms with Crippen molar-refractivity contribution in [3.05, 3.63) is 35.9 Å². The average molecular weight is 391 g/mol. The van der Waals surface area contributed by atoms with Crippen LogP contribution in [0.15, 0.2) is 30.3 Å². The zero-order valence-corrected chi connectivity index (χ0v) is 16.2. The predicted octanol–water partition coefficient (Wildman–Crippen LogP) is 0.555. The van der Waals surface area contributed by atoms with Gasteiger partial charge in [-0.05, 0) is 24.2 Å². The molecule has 0 radical (unpaired) electrons. The highest BCUT2D eigenvalue weighted by Crippen LogP contribution is 2.31. The van der Waals surface area contributed by atoms with Crippen molar-refractivity contribution in [1.29, 1.82) is 0 Å². The summed E-state index contributed by atoms with van der Waals surface area (Å²) >= 11 is 5.25. The molecular weight excluding hydrogens is 366 g/mol. The summed E-state index contributed by atoms with van der Waals surface area (Å²) in [5.41, 5.74) is 2.40. The molecule has 0 spiro atoms. The second-order valence-electron chi connectivity index (χ2n) is 6.52. The molecule has 1 aromatic rings. The molecule has 2 fully saturated rings. The number of rotatable bonds is 6. The van der Waals surface area contributed by atoms with Crippen LogP contribution in [0, 0.1) is 0 Å². The molecular formula is C18H25N5O3S. The van der Waals surface area contributed by atoms with Gasteiger partial charge in [0.2, 0.25) is 0 Å². The number of nitrogens with zero attached hydrogens (tertiary/aromatic N) is 2. The molecule has 146 valence electrons. The number of carbonyl (C=O) groups excluding carboxylic acids is 2. The van der Waals surface area contributed by atoms with Gasteiger partial charge in [0.1, 0.15) is 5.54 Å². The first-order valence-corrected chi connectivity index (χ1v) is 9.54. The standard InChI is InChI=1S/C18H25N5O3S/c1-2-18(14-6-4-3-5-7-14)15(24)23(17(25)20-18)21-16(27)19-8-9-22-10-12-26-13-11-22/h3-7H,2,8-13H2,1H3,(H,20,25)(H2,19,21,27)/t18-/m0/s1. The molecule has 1 aromatic carbocycles. The molecule has 2 aliphatic heterocycles. The molecule has 0 unspecified atom stereocenters. The Morgan fingerprint density at radius 3 is 2.63 bits per heavy atom. The molecule has 0 bridgehead atoms. The van der Waals surface area contributed by atoms with Gasteiger partial charge in [-0.1, -0.05) is 37.3 Å². The van der Waals surface area contributed by atoms with Crippen LogP contribution in [0.5, 0.6) is 0 Å². The molecule has 3 N–H and O–H groups in total. The summed E-state index contributed by atoms with van der Waals surface area (Å²) in [4.78, 5) is 27.7. The van der Waals surface area contributed by atoms with E-state index in [1.165, 1.54) is 0 Å². The zero-order valence-electron chi connectivity index (χ0n) is 15.4. The fraction of sp³-hybridized carbons (Fsp3) is 0.500. The van der Waals surface area contributed by atoms with Gasteiger partial charge in [0.15, 0.2) is 5.11 Å². The normalized spacial score (nSPS) is 23.2. The summed E-state index contributed by atoms with van der Waals surface area (Å²) < 4.78 is 5.32. The van der Waals surface area contributed by atoms with Crippen LogP contribution in [0.1, 0.15) is 18.9 Å². The number of ether oxygens (including phenoxy) is 1. The van der Waals surface area contributed by atoms with Crippen molar-refractivity contribution in [2.45, 2.75) is 18.9 Å². The predicted molar refractivity (Wildman–Crippen MR) is 105 cm³/mol. The van der Waals surface area contributed by atoms with Crippen LogP contribution in [0.3, 0.4) is 0 Å². The van der Waals surface area contributed by atoms with E-state index in [1.54, 1.807) is 0 Å².